The minimum absolute atomic E-state index is 0. The first kappa shape index (κ1) is 22.2. The van der Waals surface area contributed by atoms with Gasteiger partial charge in [0.25, 0.3) is 0 Å². The van der Waals surface area contributed by atoms with E-state index in [1.54, 1.807) is 6.20 Å². The highest BCUT2D eigenvalue weighted by Gasteiger charge is 2.04. The van der Waals surface area contributed by atoms with Gasteiger partial charge in [-0.3, -0.25) is 0 Å². The number of aryl methyl sites for hydroxylation is 2. The summed E-state index contributed by atoms with van der Waals surface area (Å²) >= 11 is 0. The summed E-state index contributed by atoms with van der Waals surface area (Å²) in [6.07, 6.45) is 1.75. The SMILES string of the molecule is CCNC(=NCc1ccnc(Oc2ccc(C)c(C)c2)c1)NC(C)C.I. The second-order valence-corrected chi connectivity index (χ2v) is 6.34. The Morgan fingerprint density at radius 3 is 2.58 bits per heavy atom. The van der Waals surface area contributed by atoms with Gasteiger partial charge < -0.3 is 15.4 Å². The first-order chi connectivity index (χ1) is 12.0. The maximum Gasteiger partial charge on any atom is 0.219 e. The van der Waals surface area contributed by atoms with E-state index in [-0.39, 0.29) is 24.0 Å². The molecule has 26 heavy (non-hydrogen) atoms. The maximum absolute atomic E-state index is 5.88. The molecule has 0 unspecified atom stereocenters. The van der Waals surface area contributed by atoms with Crippen LogP contribution in [0.15, 0.2) is 41.5 Å². The third-order valence-electron chi connectivity index (χ3n) is 3.69. The third kappa shape index (κ3) is 7.19. The number of aliphatic imine (C=N–C) groups is 1. The van der Waals surface area contributed by atoms with E-state index in [1.165, 1.54) is 11.1 Å². The van der Waals surface area contributed by atoms with E-state index in [1.807, 2.05) is 24.3 Å². The lowest BCUT2D eigenvalue weighted by Crippen LogP contribution is -2.40. The molecule has 0 bridgehead atoms. The number of pyridine rings is 1. The average molecular weight is 468 g/mol. The van der Waals surface area contributed by atoms with Crippen molar-refractivity contribution in [1.29, 1.82) is 0 Å². The Kier molecular flexibility index (Phi) is 9.40. The van der Waals surface area contributed by atoms with E-state index < -0.39 is 0 Å². The van der Waals surface area contributed by atoms with Crippen LogP contribution >= 0.6 is 24.0 Å². The summed E-state index contributed by atoms with van der Waals surface area (Å²) in [6, 6.07) is 10.3. The Morgan fingerprint density at radius 2 is 1.92 bits per heavy atom. The molecule has 1 aromatic heterocycles. The van der Waals surface area contributed by atoms with Crippen LogP contribution < -0.4 is 15.4 Å². The van der Waals surface area contributed by atoms with Gasteiger partial charge in [0.15, 0.2) is 5.96 Å². The molecule has 2 aromatic rings. The molecule has 1 aromatic carbocycles. The fourth-order valence-corrected chi connectivity index (χ4v) is 2.27. The minimum atomic E-state index is 0. The molecular formula is C20H29IN4O. The second kappa shape index (κ2) is 11.0. The van der Waals surface area contributed by atoms with Crippen LogP contribution in [0.2, 0.25) is 0 Å². The van der Waals surface area contributed by atoms with Crippen LogP contribution in [0.1, 0.15) is 37.5 Å². The van der Waals surface area contributed by atoms with Crippen LogP contribution in [0.4, 0.5) is 0 Å². The Bertz CT molecular complexity index is 732. The first-order valence-electron chi connectivity index (χ1n) is 8.72. The number of halogens is 1. The molecule has 2 rings (SSSR count). The van der Waals surface area contributed by atoms with Gasteiger partial charge in [-0.05, 0) is 69.5 Å². The summed E-state index contributed by atoms with van der Waals surface area (Å²) in [4.78, 5) is 8.91. The van der Waals surface area contributed by atoms with Crippen LogP contribution in [0.3, 0.4) is 0 Å². The standard InChI is InChI=1S/C20H28N4O.HI/c1-6-21-20(24-14(2)3)23-13-17-9-10-22-19(12-17)25-18-8-7-15(4)16(5)11-18;/h7-12,14H,6,13H2,1-5H3,(H2,21,23,24);1H. The molecule has 0 aliphatic carbocycles. The quantitative estimate of drug-likeness (QED) is 0.371. The number of benzene rings is 1. The van der Waals surface area contributed by atoms with Gasteiger partial charge in [-0.15, -0.1) is 24.0 Å². The molecule has 0 atom stereocenters. The largest absolute Gasteiger partial charge is 0.439 e. The Morgan fingerprint density at radius 1 is 1.15 bits per heavy atom. The normalized spacial score (nSPS) is 11.1. The molecule has 0 spiro atoms. The lowest BCUT2D eigenvalue weighted by molar-refractivity contribution is 0.461. The van der Waals surface area contributed by atoms with Crippen molar-refractivity contribution in [1.82, 2.24) is 15.6 Å². The van der Waals surface area contributed by atoms with E-state index in [9.17, 15) is 0 Å². The number of hydrogen-bond donors (Lipinski definition) is 2. The molecule has 0 saturated carbocycles. The van der Waals surface area contributed by atoms with E-state index >= 15 is 0 Å². The number of rotatable bonds is 6. The van der Waals surface area contributed by atoms with E-state index in [0.717, 1.165) is 23.8 Å². The van der Waals surface area contributed by atoms with Gasteiger partial charge in [-0.2, -0.15) is 0 Å². The average Bonchev–Trinajstić information content (AvgIpc) is 2.56. The minimum Gasteiger partial charge on any atom is -0.439 e. The monoisotopic (exact) mass is 468 g/mol. The highest BCUT2D eigenvalue weighted by molar-refractivity contribution is 14.0. The third-order valence-corrected chi connectivity index (χ3v) is 3.69. The van der Waals surface area contributed by atoms with Crippen molar-refractivity contribution in [3.8, 4) is 11.6 Å². The topological polar surface area (TPSA) is 58.5 Å². The van der Waals surface area contributed by atoms with Gasteiger partial charge in [0.1, 0.15) is 5.75 Å². The van der Waals surface area contributed by atoms with Crippen LogP contribution in [-0.4, -0.2) is 23.5 Å². The van der Waals surface area contributed by atoms with E-state index in [2.05, 4.69) is 61.3 Å². The van der Waals surface area contributed by atoms with Gasteiger partial charge in [-0.1, -0.05) is 6.07 Å². The first-order valence-corrected chi connectivity index (χ1v) is 8.72. The van der Waals surface area contributed by atoms with Crippen LogP contribution in [0, 0.1) is 13.8 Å². The summed E-state index contributed by atoms with van der Waals surface area (Å²) < 4.78 is 5.88. The molecule has 0 amide bonds. The molecule has 0 fully saturated rings. The number of aromatic nitrogens is 1. The molecule has 1 heterocycles. The molecule has 0 aliphatic heterocycles. The lowest BCUT2D eigenvalue weighted by Gasteiger charge is -2.14. The van der Waals surface area contributed by atoms with Crippen LogP contribution in [0.5, 0.6) is 11.6 Å². The molecule has 2 N–H and O–H groups in total. The number of hydrogen-bond acceptors (Lipinski definition) is 3. The highest BCUT2D eigenvalue weighted by Crippen LogP contribution is 2.22. The van der Waals surface area contributed by atoms with Crippen molar-refractivity contribution in [2.24, 2.45) is 4.99 Å². The van der Waals surface area contributed by atoms with Gasteiger partial charge >= 0.3 is 0 Å². The molecule has 0 radical (unpaired) electrons. The maximum atomic E-state index is 5.88. The smallest absolute Gasteiger partial charge is 0.219 e. The van der Waals surface area contributed by atoms with Crippen molar-refractivity contribution in [2.75, 3.05) is 6.54 Å². The molecule has 5 nitrogen and oxygen atoms in total. The van der Waals surface area contributed by atoms with Gasteiger partial charge in [0, 0.05) is 24.8 Å². The van der Waals surface area contributed by atoms with Gasteiger partial charge in [0.05, 0.1) is 6.54 Å². The van der Waals surface area contributed by atoms with Crippen molar-refractivity contribution in [2.45, 2.75) is 47.2 Å². The molecular weight excluding hydrogens is 439 g/mol. The molecule has 0 saturated heterocycles. The summed E-state index contributed by atoms with van der Waals surface area (Å²) in [6.45, 7) is 11.8. The zero-order valence-electron chi connectivity index (χ0n) is 16.2. The Hall–Kier alpha value is -1.83. The number of guanidine groups is 1. The Balaban J connectivity index is 0.00000338. The number of nitrogens with one attached hydrogen (secondary N) is 2. The van der Waals surface area contributed by atoms with E-state index in [0.29, 0.717) is 18.5 Å². The number of ether oxygens (including phenoxy) is 1. The van der Waals surface area contributed by atoms with Crippen molar-refractivity contribution >= 4 is 29.9 Å². The second-order valence-electron chi connectivity index (χ2n) is 6.34. The predicted octanol–water partition coefficient (Wildman–Crippen LogP) is 4.57. The zero-order valence-corrected chi connectivity index (χ0v) is 18.5. The van der Waals surface area contributed by atoms with Crippen molar-refractivity contribution < 1.29 is 4.74 Å². The summed E-state index contributed by atoms with van der Waals surface area (Å²) in [7, 11) is 0. The zero-order chi connectivity index (χ0) is 18.2. The summed E-state index contributed by atoms with van der Waals surface area (Å²) in [5.74, 6) is 2.19. The molecule has 6 heteroatoms. The predicted molar refractivity (Wildman–Crippen MR) is 119 cm³/mol. The summed E-state index contributed by atoms with van der Waals surface area (Å²) in [5.41, 5.74) is 3.50. The van der Waals surface area contributed by atoms with Gasteiger partial charge in [0.2, 0.25) is 5.88 Å². The van der Waals surface area contributed by atoms with Gasteiger partial charge in [-0.25, -0.2) is 9.98 Å². The Labute approximate surface area is 173 Å². The van der Waals surface area contributed by atoms with Crippen molar-refractivity contribution in [3.05, 3.63) is 53.2 Å². The van der Waals surface area contributed by atoms with Crippen LogP contribution in [-0.2, 0) is 6.54 Å². The van der Waals surface area contributed by atoms with E-state index in [4.69, 9.17) is 4.74 Å². The summed E-state index contributed by atoms with van der Waals surface area (Å²) in [5, 5.41) is 6.55. The fourth-order valence-electron chi connectivity index (χ4n) is 2.27. The highest BCUT2D eigenvalue weighted by atomic mass is 127. The van der Waals surface area contributed by atoms with Crippen LogP contribution in [0.25, 0.3) is 0 Å². The fraction of sp³-hybridized carbons (Fsp3) is 0.400. The lowest BCUT2D eigenvalue weighted by atomic mass is 10.1. The molecule has 142 valence electrons. The molecule has 0 aliphatic rings. The van der Waals surface area contributed by atoms with Crippen molar-refractivity contribution in [3.63, 3.8) is 0 Å². The number of nitrogens with zero attached hydrogens (tertiary/aromatic N) is 2.